The number of nitrogens with zero attached hydrogens (tertiary/aromatic N) is 3. The van der Waals surface area contributed by atoms with Gasteiger partial charge >= 0.3 is 0 Å². The third-order valence-electron chi connectivity index (χ3n) is 4.75. The molecule has 5 heteroatoms. The highest BCUT2D eigenvalue weighted by atomic mass is 16.5. The number of rotatable bonds is 3. The lowest BCUT2D eigenvalue weighted by Gasteiger charge is -2.42. The summed E-state index contributed by atoms with van der Waals surface area (Å²) < 4.78 is 4.99. The van der Waals surface area contributed by atoms with Gasteiger partial charge in [0, 0.05) is 38.7 Å². The van der Waals surface area contributed by atoms with Crippen LogP contribution in [0.1, 0.15) is 46.0 Å². The maximum absolute atomic E-state index is 12.7. The standard InChI is InChI=1S/C16H29N3O2/c1-13-11-18(14(2)17-12-21-3)9-10-19(13)16(20)15-7-5-4-6-8-15/h13,15H,4-12H2,1-3H3/b17-14+. The van der Waals surface area contributed by atoms with Crippen molar-refractivity contribution in [1.82, 2.24) is 9.80 Å². The number of hydrogen-bond acceptors (Lipinski definition) is 3. The maximum Gasteiger partial charge on any atom is 0.226 e. The first-order valence-corrected chi connectivity index (χ1v) is 8.19. The number of methoxy groups -OCH3 is 1. The summed E-state index contributed by atoms with van der Waals surface area (Å²) in [6.45, 7) is 7.14. The van der Waals surface area contributed by atoms with Crippen molar-refractivity contribution < 1.29 is 9.53 Å². The van der Waals surface area contributed by atoms with Crippen LogP contribution >= 0.6 is 0 Å². The number of amidine groups is 1. The van der Waals surface area contributed by atoms with Crippen LogP contribution in [0.15, 0.2) is 4.99 Å². The average molecular weight is 295 g/mol. The molecular formula is C16H29N3O2. The van der Waals surface area contributed by atoms with Crippen LogP contribution in [-0.2, 0) is 9.53 Å². The van der Waals surface area contributed by atoms with Crippen molar-refractivity contribution in [2.75, 3.05) is 33.5 Å². The topological polar surface area (TPSA) is 45.1 Å². The molecule has 0 N–H and O–H groups in total. The maximum atomic E-state index is 12.7. The van der Waals surface area contributed by atoms with Crippen molar-refractivity contribution in [3.05, 3.63) is 0 Å². The Labute approximate surface area is 128 Å². The second-order valence-electron chi connectivity index (χ2n) is 6.28. The molecule has 1 unspecified atom stereocenters. The minimum absolute atomic E-state index is 0.265. The SMILES string of the molecule is COC/N=C(\C)N1CCN(C(=O)C2CCCCC2)C(C)C1. The number of piperazine rings is 1. The second-order valence-corrected chi connectivity index (χ2v) is 6.28. The lowest BCUT2D eigenvalue weighted by atomic mass is 9.88. The van der Waals surface area contributed by atoms with Gasteiger partial charge in [-0.25, -0.2) is 4.99 Å². The van der Waals surface area contributed by atoms with Gasteiger partial charge in [-0.1, -0.05) is 19.3 Å². The fraction of sp³-hybridized carbons (Fsp3) is 0.875. The van der Waals surface area contributed by atoms with E-state index in [-0.39, 0.29) is 12.0 Å². The average Bonchev–Trinajstić information content (AvgIpc) is 2.52. The Balaban J connectivity index is 1.89. The Hall–Kier alpha value is -1.10. The third kappa shape index (κ3) is 4.19. The molecule has 0 aromatic rings. The molecule has 1 saturated heterocycles. The summed E-state index contributed by atoms with van der Waals surface area (Å²) in [5.41, 5.74) is 0. The molecule has 0 spiro atoms. The first-order chi connectivity index (χ1) is 10.1. The molecule has 2 aliphatic rings. The molecule has 0 radical (unpaired) electrons. The molecular weight excluding hydrogens is 266 g/mol. The third-order valence-corrected chi connectivity index (χ3v) is 4.75. The van der Waals surface area contributed by atoms with Crippen LogP contribution in [0, 0.1) is 5.92 Å². The molecule has 2 rings (SSSR count). The zero-order valence-corrected chi connectivity index (χ0v) is 13.7. The van der Waals surface area contributed by atoms with E-state index in [2.05, 4.69) is 21.7 Å². The monoisotopic (exact) mass is 295 g/mol. The first-order valence-electron chi connectivity index (χ1n) is 8.19. The molecule has 0 aromatic carbocycles. The van der Waals surface area contributed by atoms with Crippen molar-refractivity contribution in [3.63, 3.8) is 0 Å². The minimum atomic E-state index is 0.265. The van der Waals surface area contributed by atoms with Crippen LogP contribution in [0.2, 0.25) is 0 Å². The van der Waals surface area contributed by atoms with E-state index < -0.39 is 0 Å². The van der Waals surface area contributed by atoms with E-state index in [1.807, 2.05) is 6.92 Å². The summed E-state index contributed by atoms with van der Waals surface area (Å²) in [5.74, 6) is 1.66. The minimum Gasteiger partial charge on any atom is -0.362 e. The normalized spacial score (nSPS) is 25.3. The largest absolute Gasteiger partial charge is 0.362 e. The molecule has 1 heterocycles. The van der Waals surface area contributed by atoms with E-state index in [0.29, 0.717) is 12.6 Å². The van der Waals surface area contributed by atoms with E-state index >= 15 is 0 Å². The van der Waals surface area contributed by atoms with Crippen LogP contribution < -0.4 is 0 Å². The zero-order valence-electron chi connectivity index (χ0n) is 13.7. The van der Waals surface area contributed by atoms with Crippen molar-refractivity contribution in [1.29, 1.82) is 0 Å². The first kappa shape index (κ1) is 16.3. The van der Waals surface area contributed by atoms with Crippen LogP contribution in [0.4, 0.5) is 0 Å². The molecule has 1 amide bonds. The van der Waals surface area contributed by atoms with E-state index in [1.54, 1.807) is 7.11 Å². The van der Waals surface area contributed by atoms with Crippen LogP contribution in [0.5, 0.6) is 0 Å². The summed E-state index contributed by atoms with van der Waals surface area (Å²) in [5, 5.41) is 0. The number of aliphatic imine (C=N–C) groups is 1. The molecule has 0 bridgehead atoms. The highest BCUT2D eigenvalue weighted by molar-refractivity contribution is 5.81. The highest BCUT2D eigenvalue weighted by Crippen LogP contribution is 2.26. The Kier molecular flexibility index (Phi) is 6.03. The predicted molar refractivity (Wildman–Crippen MR) is 84.3 cm³/mol. The van der Waals surface area contributed by atoms with E-state index in [1.165, 1.54) is 19.3 Å². The van der Waals surface area contributed by atoms with Gasteiger partial charge < -0.3 is 14.5 Å². The summed E-state index contributed by atoms with van der Waals surface area (Å²) in [6, 6.07) is 0.265. The molecule has 120 valence electrons. The van der Waals surface area contributed by atoms with Gasteiger partial charge in [-0.3, -0.25) is 4.79 Å². The molecule has 1 aliphatic carbocycles. The Morgan fingerprint density at radius 1 is 1.24 bits per heavy atom. The lowest BCUT2D eigenvalue weighted by molar-refractivity contribution is -0.140. The smallest absolute Gasteiger partial charge is 0.226 e. The fourth-order valence-electron chi connectivity index (χ4n) is 3.42. The summed E-state index contributed by atoms with van der Waals surface area (Å²) in [7, 11) is 1.65. The van der Waals surface area contributed by atoms with Gasteiger partial charge in [0.15, 0.2) is 0 Å². The Morgan fingerprint density at radius 2 is 1.95 bits per heavy atom. The summed E-state index contributed by atoms with van der Waals surface area (Å²) >= 11 is 0. The number of carbonyl (C=O) groups is 1. The number of amides is 1. The molecule has 21 heavy (non-hydrogen) atoms. The van der Waals surface area contributed by atoms with Crippen molar-refractivity contribution in [3.8, 4) is 0 Å². The van der Waals surface area contributed by atoms with Gasteiger partial charge in [0.05, 0.1) is 5.84 Å². The lowest BCUT2D eigenvalue weighted by Crippen LogP contribution is -2.56. The van der Waals surface area contributed by atoms with Crippen molar-refractivity contribution >= 4 is 11.7 Å². The van der Waals surface area contributed by atoms with E-state index in [0.717, 1.165) is 38.3 Å². The van der Waals surface area contributed by atoms with Gasteiger partial charge in [-0.05, 0) is 26.7 Å². The molecule has 5 nitrogen and oxygen atoms in total. The van der Waals surface area contributed by atoms with Gasteiger partial charge in [-0.2, -0.15) is 0 Å². The second kappa shape index (κ2) is 7.78. The number of ether oxygens (including phenoxy) is 1. The van der Waals surface area contributed by atoms with Gasteiger partial charge in [0.1, 0.15) is 6.73 Å². The van der Waals surface area contributed by atoms with Gasteiger partial charge in [0.2, 0.25) is 5.91 Å². The van der Waals surface area contributed by atoms with Crippen LogP contribution in [0.3, 0.4) is 0 Å². The Morgan fingerprint density at radius 3 is 2.57 bits per heavy atom. The van der Waals surface area contributed by atoms with E-state index in [4.69, 9.17) is 4.74 Å². The highest BCUT2D eigenvalue weighted by Gasteiger charge is 2.32. The Bertz CT molecular complexity index is 378. The van der Waals surface area contributed by atoms with Gasteiger partial charge in [0.25, 0.3) is 0 Å². The van der Waals surface area contributed by atoms with Crippen LogP contribution in [-0.4, -0.2) is 61.1 Å². The van der Waals surface area contributed by atoms with E-state index in [9.17, 15) is 4.79 Å². The summed E-state index contributed by atoms with van der Waals surface area (Å²) in [4.78, 5) is 21.4. The molecule has 1 aliphatic heterocycles. The molecule has 2 fully saturated rings. The fourth-order valence-corrected chi connectivity index (χ4v) is 3.42. The van der Waals surface area contributed by atoms with Gasteiger partial charge in [-0.15, -0.1) is 0 Å². The van der Waals surface area contributed by atoms with Crippen molar-refractivity contribution in [2.45, 2.75) is 52.0 Å². The van der Waals surface area contributed by atoms with Crippen LogP contribution in [0.25, 0.3) is 0 Å². The quantitative estimate of drug-likeness (QED) is 0.592. The predicted octanol–water partition coefficient (Wildman–Crippen LogP) is 2.12. The summed E-state index contributed by atoms with van der Waals surface area (Å²) in [6.07, 6.45) is 5.89. The molecule has 1 atom stereocenters. The molecule has 1 saturated carbocycles. The zero-order chi connectivity index (χ0) is 15.2. The van der Waals surface area contributed by atoms with Crippen molar-refractivity contribution in [2.24, 2.45) is 10.9 Å². The number of carbonyl (C=O) groups excluding carboxylic acids is 1. The number of hydrogen-bond donors (Lipinski definition) is 0. The molecule has 0 aromatic heterocycles.